The Kier molecular flexibility index (Phi) is 3.91. The molecule has 1 heterocycles. The van der Waals surface area contributed by atoms with Crippen molar-refractivity contribution in [2.75, 3.05) is 26.2 Å². The van der Waals surface area contributed by atoms with E-state index < -0.39 is 0 Å². The van der Waals surface area contributed by atoms with Gasteiger partial charge in [0.15, 0.2) is 0 Å². The van der Waals surface area contributed by atoms with Crippen LogP contribution in [0.2, 0.25) is 0 Å². The van der Waals surface area contributed by atoms with Crippen molar-refractivity contribution in [1.82, 2.24) is 10.2 Å². The second-order valence-corrected chi connectivity index (χ2v) is 6.24. The lowest BCUT2D eigenvalue weighted by atomic mass is 9.97. The van der Waals surface area contributed by atoms with Crippen molar-refractivity contribution in [2.24, 2.45) is 11.8 Å². The van der Waals surface area contributed by atoms with Crippen LogP contribution in [0.4, 0.5) is 0 Å². The normalized spacial score (nSPS) is 34.7. The molecule has 16 heavy (non-hydrogen) atoms. The van der Waals surface area contributed by atoms with E-state index in [1.54, 1.807) is 0 Å². The summed E-state index contributed by atoms with van der Waals surface area (Å²) in [4.78, 5) is 2.70. The molecule has 2 unspecified atom stereocenters. The van der Waals surface area contributed by atoms with Gasteiger partial charge < -0.3 is 10.2 Å². The Labute approximate surface area is 101 Å². The van der Waals surface area contributed by atoms with E-state index in [-0.39, 0.29) is 0 Å². The molecule has 2 fully saturated rings. The maximum absolute atomic E-state index is 3.71. The van der Waals surface area contributed by atoms with Gasteiger partial charge in [0.25, 0.3) is 0 Å². The zero-order valence-corrected chi connectivity index (χ0v) is 11.3. The zero-order valence-electron chi connectivity index (χ0n) is 11.3. The van der Waals surface area contributed by atoms with Gasteiger partial charge in [0.1, 0.15) is 0 Å². The molecule has 2 aliphatic rings. The maximum Gasteiger partial charge on any atom is 0.0277 e. The van der Waals surface area contributed by atoms with Crippen molar-refractivity contribution >= 4 is 0 Å². The Morgan fingerprint density at radius 1 is 1.44 bits per heavy atom. The van der Waals surface area contributed by atoms with E-state index in [9.17, 15) is 0 Å². The second-order valence-electron chi connectivity index (χ2n) is 6.24. The predicted octanol–water partition coefficient (Wildman–Crippen LogP) is 2.50. The SMILES string of the molecule is CCC1(C)CN(CC(C)C2CC2)CCCN1. The van der Waals surface area contributed by atoms with Gasteiger partial charge in [-0.05, 0) is 57.5 Å². The standard InChI is InChI=1S/C14H28N2/c1-4-14(3)11-16(9-5-8-15-14)10-12(2)13-6-7-13/h12-13,15H,4-11H2,1-3H3. The Bertz CT molecular complexity index is 225. The van der Waals surface area contributed by atoms with Crippen molar-refractivity contribution in [3.05, 3.63) is 0 Å². The van der Waals surface area contributed by atoms with E-state index in [0.29, 0.717) is 5.54 Å². The smallest absolute Gasteiger partial charge is 0.0277 e. The molecular weight excluding hydrogens is 196 g/mol. The summed E-state index contributed by atoms with van der Waals surface area (Å²) in [5.41, 5.74) is 0.347. The summed E-state index contributed by atoms with van der Waals surface area (Å²) < 4.78 is 0. The summed E-state index contributed by atoms with van der Waals surface area (Å²) in [5.74, 6) is 1.96. The molecule has 0 amide bonds. The molecule has 0 aromatic heterocycles. The quantitative estimate of drug-likeness (QED) is 0.789. The van der Waals surface area contributed by atoms with Crippen molar-refractivity contribution in [1.29, 1.82) is 0 Å². The minimum Gasteiger partial charge on any atom is -0.310 e. The van der Waals surface area contributed by atoms with Crippen LogP contribution in [0.15, 0.2) is 0 Å². The highest BCUT2D eigenvalue weighted by Gasteiger charge is 2.32. The first-order chi connectivity index (χ1) is 7.63. The molecule has 0 aromatic rings. The summed E-state index contributed by atoms with van der Waals surface area (Å²) in [6, 6.07) is 0. The summed E-state index contributed by atoms with van der Waals surface area (Å²) in [6.07, 6.45) is 5.52. The minimum absolute atomic E-state index is 0.347. The van der Waals surface area contributed by atoms with E-state index in [0.717, 1.165) is 11.8 Å². The summed E-state index contributed by atoms with van der Waals surface area (Å²) in [5, 5.41) is 3.71. The fourth-order valence-corrected chi connectivity index (χ4v) is 2.94. The lowest BCUT2D eigenvalue weighted by molar-refractivity contribution is 0.185. The summed E-state index contributed by atoms with van der Waals surface area (Å²) in [7, 11) is 0. The second kappa shape index (κ2) is 5.05. The van der Waals surface area contributed by atoms with Crippen LogP contribution in [0.25, 0.3) is 0 Å². The molecular formula is C14H28N2. The monoisotopic (exact) mass is 224 g/mol. The van der Waals surface area contributed by atoms with Crippen LogP contribution in [-0.2, 0) is 0 Å². The minimum atomic E-state index is 0.347. The highest BCUT2D eigenvalue weighted by Crippen LogP contribution is 2.37. The third kappa shape index (κ3) is 3.21. The summed E-state index contributed by atoms with van der Waals surface area (Å²) in [6.45, 7) is 12.2. The van der Waals surface area contributed by atoms with Gasteiger partial charge in [0, 0.05) is 18.6 Å². The van der Waals surface area contributed by atoms with Crippen LogP contribution in [0.3, 0.4) is 0 Å². The van der Waals surface area contributed by atoms with Crippen molar-refractivity contribution in [3.63, 3.8) is 0 Å². The highest BCUT2D eigenvalue weighted by molar-refractivity contribution is 4.89. The first kappa shape index (κ1) is 12.4. The van der Waals surface area contributed by atoms with Gasteiger partial charge in [-0.25, -0.2) is 0 Å². The van der Waals surface area contributed by atoms with Crippen LogP contribution in [0.1, 0.15) is 46.5 Å². The highest BCUT2D eigenvalue weighted by atomic mass is 15.2. The fourth-order valence-electron chi connectivity index (χ4n) is 2.94. The Balaban J connectivity index is 1.86. The van der Waals surface area contributed by atoms with Gasteiger partial charge in [-0.3, -0.25) is 0 Å². The number of hydrogen-bond acceptors (Lipinski definition) is 2. The third-order valence-electron chi connectivity index (χ3n) is 4.53. The average Bonchev–Trinajstić information content (AvgIpc) is 3.06. The summed E-state index contributed by atoms with van der Waals surface area (Å²) >= 11 is 0. The molecule has 2 rings (SSSR count). The number of nitrogens with zero attached hydrogens (tertiary/aromatic N) is 1. The van der Waals surface area contributed by atoms with Crippen LogP contribution in [-0.4, -0.2) is 36.6 Å². The van der Waals surface area contributed by atoms with Crippen molar-refractivity contribution < 1.29 is 0 Å². The van der Waals surface area contributed by atoms with Gasteiger partial charge >= 0.3 is 0 Å². The fraction of sp³-hybridized carbons (Fsp3) is 1.00. The first-order valence-electron chi connectivity index (χ1n) is 7.10. The molecule has 2 heteroatoms. The molecule has 94 valence electrons. The lowest BCUT2D eigenvalue weighted by Gasteiger charge is -2.34. The molecule has 0 aromatic carbocycles. The van der Waals surface area contributed by atoms with E-state index >= 15 is 0 Å². The van der Waals surface area contributed by atoms with Crippen LogP contribution in [0, 0.1) is 11.8 Å². The molecule has 1 aliphatic carbocycles. The maximum atomic E-state index is 3.71. The molecule has 2 nitrogen and oxygen atoms in total. The molecule has 1 N–H and O–H groups in total. The van der Waals surface area contributed by atoms with Crippen LogP contribution < -0.4 is 5.32 Å². The van der Waals surface area contributed by atoms with E-state index in [1.165, 1.54) is 51.9 Å². The average molecular weight is 224 g/mol. The molecule has 0 radical (unpaired) electrons. The first-order valence-corrected chi connectivity index (χ1v) is 7.10. The van der Waals surface area contributed by atoms with E-state index in [2.05, 4.69) is 31.0 Å². The number of hydrogen-bond donors (Lipinski definition) is 1. The predicted molar refractivity (Wildman–Crippen MR) is 69.6 cm³/mol. The number of rotatable bonds is 4. The molecule has 0 bridgehead atoms. The molecule has 1 aliphatic heterocycles. The van der Waals surface area contributed by atoms with E-state index in [4.69, 9.17) is 0 Å². The Morgan fingerprint density at radius 2 is 2.19 bits per heavy atom. The number of nitrogens with one attached hydrogen (secondary N) is 1. The zero-order chi connectivity index (χ0) is 11.6. The lowest BCUT2D eigenvalue weighted by Crippen LogP contribution is -2.49. The Hall–Kier alpha value is -0.0800. The van der Waals surface area contributed by atoms with Gasteiger partial charge in [0.2, 0.25) is 0 Å². The van der Waals surface area contributed by atoms with Crippen LogP contribution in [0.5, 0.6) is 0 Å². The van der Waals surface area contributed by atoms with Gasteiger partial charge in [-0.15, -0.1) is 0 Å². The molecule has 1 saturated heterocycles. The molecule has 1 saturated carbocycles. The van der Waals surface area contributed by atoms with Crippen molar-refractivity contribution in [3.8, 4) is 0 Å². The van der Waals surface area contributed by atoms with Gasteiger partial charge in [-0.2, -0.15) is 0 Å². The third-order valence-corrected chi connectivity index (χ3v) is 4.53. The molecule has 0 spiro atoms. The van der Waals surface area contributed by atoms with Crippen LogP contribution >= 0.6 is 0 Å². The Morgan fingerprint density at radius 3 is 2.81 bits per heavy atom. The van der Waals surface area contributed by atoms with E-state index in [1.807, 2.05) is 0 Å². The van der Waals surface area contributed by atoms with Gasteiger partial charge in [-0.1, -0.05) is 13.8 Å². The topological polar surface area (TPSA) is 15.3 Å². The van der Waals surface area contributed by atoms with Gasteiger partial charge in [0.05, 0.1) is 0 Å². The molecule has 2 atom stereocenters. The largest absolute Gasteiger partial charge is 0.310 e. The van der Waals surface area contributed by atoms with Crippen molar-refractivity contribution in [2.45, 2.75) is 52.0 Å².